The quantitative estimate of drug-likeness (QED) is 0.385. The van der Waals surface area contributed by atoms with Gasteiger partial charge in [0.05, 0.1) is 6.61 Å². The molecular weight excluding hydrogens is 241 g/mol. The molecule has 0 aromatic rings. The van der Waals surface area contributed by atoms with Gasteiger partial charge in [0.1, 0.15) is 0 Å². The van der Waals surface area contributed by atoms with Crippen LogP contribution < -0.4 is 16.6 Å². The summed E-state index contributed by atoms with van der Waals surface area (Å²) in [6, 6.07) is 0.552. The van der Waals surface area contributed by atoms with Crippen LogP contribution in [-0.4, -0.2) is 32.2 Å². The number of carbonyl (C=O) groups excluding carboxylic acids is 1. The minimum atomic E-state index is 0. The second kappa shape index (κ2) is 16.4. The van der Waals surface area contributed by atoms with E-state index >= 15 is 0 Å². The number of piperidine rings is 1. The van der Waals surface area contributed by atoms with Gasteiger partial charge < -0.3 is 10.1 Å². The average Bonchev–Trinajstić information content (AvgIpc) is 2.21. The first kappa shape index (κ1) is 20.4. The number of hydrogen-bond donors (Lipinski definition) is 3. The van der Waals surface area contributed by atoms with Crippen LogP contribution in [0.5, 0.6) is 0 Å². The molecule has 0 aromatic carbocycles. The molecule has 1 heterocycles. The van der Waals surface area contributed by atoms with Gasteiger partial charge in [0.15, 0.2) is 0 Å². The van der Waals surface area contributed by atoms with Gasteiger partial charge in [0.2, 0.25) is 0 Å². The topological polar surface area (TPSA) is 76.4 Å². The molecule has 15 heavy (non-hydrogen) atoms. The van der Waals surface area contributed by atoms with Crippen LogP contribution in [0.3, 0.4) is 0 Å². The molecule has 7 heteroatoms. The molecule has 4 N–H and O–H groups in total. The van der Waals surface area contributed by atoms with E-state index in [9.17, 15) is 4.79 Å². The number of nitrogens with two attached hydrogens (primary N) is 1. The molecule has 0 unspecified atom stereocenters. The van der Waals surface area contributed by atoms with Crippen molar-refractivity contribution in [3.8, 4) is 0 Å². The molecule has 5 nitrogen and oxygen atoms in total. The molecule has 1 saturated heterocycles. The monoisotopic (exact) mass is 261 g/mol. The van der Waals surface area contributed by atoms with Crippen LogP contribution in [0.15, 0.2) is 0 Å². The maximum absolute atomic E-state index is 9.18. The Morgan fingerprint density at radius 1 is 1.47 bits per heavy atom. The Hall–Kier alpha value is -0.0700. The Labute approximate surface area is 103 Å². The summed E-state index contributed by atoms with van der Waals surface area (Å²) in [7, 11) is 0. The van der Waals surface area contributed by atoms with Gasteiger partial charge in [-0.3, -0.25) is 16.1 Å². The second-order valence-corrected chi connectivity index (χ2v) is 2.74. The Bertz CT molecular complexity index is 124. The molecule has 0 aromatic heterocycles. The Kier molecular flexibility index (Phi) is 22.2. The molecule has 1 fully saturated rings. The second-order valence-electron chi connectivity index (χ2n) is 2.74. The minimum absolute atomic E-state index is 0. The molecule has 0 atom stereocenters. The summed E-state index contributed by atoms with van der Waals surface area (Å²) in [6.07, 6.45) is 2.33. The van der Waals surface area contributed by atoms with E-state index < -0.39 is 0 Å². The van der Waals surface area contributed by atoms with Crippen LogP contribution in [0.4, 0.5) is 0 Å². The Morgan fingerprint density at radius 2 is 2.00 bits per heavy atom. The van der Waals surface area contributed by atoms with Crippen molar-refractivity contribution >= 4 is 31.3 Å². The summed E-state index contributed by atoms with van der Waals surface area (Å²) >= 11 is 0. The minimum Gasteiger partial charge on any atom is -0.468 e. The summed E-state index contributed by atoms with van der Waals surface area (Å²) in [5.74, 6) is 5.23. The number of rotatable bonds is 3. The highest BCUT2D eigenvalue weighted by atomic mass is 35.5. The van der Waals surface area contributed by atoms with Crippen LogP contribution in [0.1, 0.15) is 19.8 Å². The van der Waals surface area contributed by atoms with Gasteiger partial charge in [-0.15, -0.1) is 24.8 Å². The fourth-order valence-corrected chi connectivity index (χ4v) is 1.06. The van der Waals surface area contributed by atoms with Crippen molar-refractivity contribution in [3.63, 3.8) is 0 Å². The number of ether oxygens (including phenoxy) is 1. The van der Waals surface area contributed by atoms with Gasteiger partial charge in [-0.1, -0.05) is 0 Å². The van der Waals surface area contributed by atoms with E-state index in [0.29, 0.717) is 19.1 Å². The molecule has 1 rings (SSSR count). The van der Waals surface area contributed by atoms with E-state index in [4.69, 9.17) is 5.84 Å². The summed E-state index contributed by atoms with van der Waals surface area (Å²) in [4.78, 5) is 9.18. The summed E-state index contributed by atoms with van der Waals surface area (Å²) < 4.78 is 4.15. The molecule has 0 saturated carbocycles. The predicted octanol–water partition coefficient (Wildman–Crippen LogP) is 0.225. The van der Waals surface area contributed by atoms with Crippen LogP contribution >= 0.6 is 24.8 Å². The molecule has 0 bridgehead atoms. The maximum atomic E-state index is 9.18. The standard InChI is InChI=1S/C5H13N3.C3H6O2.2ClH/c6-8-5-1-3-7-4-2-5;1-2-5-3-4;;/h5,7-8H,1-4,6H2;3H,2H2,1H3;2*1H. The van der Waals surface area contributed by atoms with E-state index in [2.05, 4.69) is 15.5 Å². The lowest BCUT2D eigenvalue weighted by atomic mass is 10.1. The number of halogens is 2. The van der Waals surface area contributed by atoms with Gasteiger partial charge in [0.25, 0.3) is 6.47 Å². The lowest BCUT2D eigenvalue weighted by Gasteiger charge is -2.20. The fourth-order valence-electron chi connectivity index (χ4n) is 1.06. The third-order valence-electron chi connectivity index (χ3n) is 1.81. The number of nitrogens with one attached hydrogen (secondary N) is 2. The van der Waals surface area contributed by atoms with Crippen LogP contribution in [0, 0.1) is 0 Å². The Balaban J connectivity index is -0.000000185. The first-order valence-corrected chi connectivity index (χ1v) is 4.57. The van der Waals surface area contributed by atoms with Gasteiger partial charge >= 0.3 is 0 Å². The number of carbonyl (C=O) groups is 1. The molecule has 0 aliphatic carbocycles. The molecule has 0 spiro atoms. The van der Waals surface area contributed by atoms with Crippen molar-refractivity contribution in [2.45, 2.75) is 25.8 Å². The summed E-state index contributed by atoms with van der Waals surface area (Å²) in [5, 5.41) is 3.25. The molecule has 1 aliphatic rings. The smallest absolute Gasteiger partial charge is 0.293 e. The average molecular weight is 262 g/mol. The van der Waals surface area contributed by atoms with Gasteiger partial charge in [-0.2, -0.15) is 0 Å². The van der Waals surface area contributed by atoms with Crippen molar-refractivity contribution in [1.29, 1.82) is 0 Å². The van der Waals surface area contributed by atoms with Gasteiger partial charge in [-0.05, 0) is 32.9 Å². The highest BCUT2D eigenvalue weighted by Crippen LogP contribution is 1.98. The number of hydrazine groups is 1. The SMILES string of the molecule is CCOC=O.Cl.Cl.NNC1CCNCC1. The van der Waals surface area contributed by atoms with Crippen molar-refractivity contribution in [2.75, 3.05) is 19.7 Å². The van der Waals surface area contributed by atoms with E-state index in [-0.39, 0.29) is 24.8 Å². The maximum Gasteiger partial charge on any atom is 0.293 e. The molecule has 1 aliphatic heterocycles. The molecule has 0 radical (unpaired) electrons. The third kappa shape index (κ3) is 13.9. The summed E-state index contributed by atoms with van der Waals surface area (Å²) in [5.41, 5.74) is 2.76. The van der Waals surface area contributed by atoms with E-state index in [1.54, 1.807) is 6.92 Å². The van der Waals surface area contributed by atoms with Gasteiger partial charge in [0, 0.05) is 6.04 Å². The summed E-state index contributed by atoms with van der Waals surface area (Å²) in [6.45, 7) is 4.88. The first-order valence-electron chi connectivity index (χ1n) is 4.57. The predicted molar refractivity (Wildman–Crippen MR) is 65.4 cm³/mol. The number of hydrogen-bond acceptors (Lipinski definition) is 5. The van der Waals surface area contributed by atoms with Crippen molar-refractivity contribution in [2.24, 2.45) is 5.84 Å². The van der Waals surface area contributed by atoms with Crippen molar-refractivity contribution in [3.05, 3.63) is 0 Å². The highest BCUT2D eigenvalue weighted by molar-refractivity contribution is 5.85. The lowest BCUT2D eigenvalue weighted by Crippen LogP contribution is -2.43. The van der Waals surface area contributed by atoms with Crippen molar-refractivity contribution in [1.82, 2.24) is 10.7 Å². The van der Waals surface area contributed by atoms with Gasteiger partial charge in [-0.25, -0.2) is 0 Å². The first-order chi connectivity index (χ1) is 6.35. The zero-order chi connectivity index (χ0) is 9.94. The fraction of sp³-hybridized carbons (Fsp3) is 0.875. The Morgan fingerprint density at radius 3 is 2.20 bits per heavy atom. The lowest BCUT2D eigenvalue weighted by molar-refractivity contribution is -0.128. The molecular formula is C8H21Cl2N3O2. The van der Waals surface area contributed by atoms with E-state index in [0.717, 1.165) is 25.9 Å². The highest BCUT2D eigenvalue weighted by Gasteiger charge is 2.08. The van der Waals surface area contributed by atoms with Crippen LogP contribution in [-0.2, 0) is 9.53 Å². The molecule has 0 amide bonds. The zero-order valence-corrected chi connectivity index (χ0v) is 10.5. The zero-order valence-electron chi connectivity index (χ0n) is 8.90. The van der Waals surface area contributed by atoms with E-state index in [1.807, 2.05) is 0 Å². The third-order valence-corrected chi connectivity index (χ3v) is 1.81. The normalized spacial score (nSPS) is 14.8. The largest absolute Gasteiger partial charge is 0.468 e. The van der Waals surface area contributed by atoms with Crippen LogP contribution in [0.2, 0.25) is 0 Å². The van der Waals surface area contributed by atoms with E-state index in [1.165, 1.54) is 0 Å². The molecule has 94 valence electrons. The van der Waals surface area contributed by atoms with Crippen LogP contribution in [0.25, 0.3) is 0 Å². The van der Waals surface area contributed by atoms with Crippen molar-refractivity contribution < 1.29 is 9.53 Å².